The van der Waals surface area contributed by atoms with Crippen LogP contribution in [0.2, 0.25) is 5.02 Å². The number of nitrogens with one attached hydrogen (secondary N) is 2. The van der Waals surface area contributed by atoms with Crippen molar-refractivity contribution in [1.29, 1.82) is 0 Å². The fraction of sp³-hybridized carbons (Fsp3) is 0.360. The third kappa shape index (κ3) is 5.04. The second-order valence-electron chi connectivity index (χ2n) is 8.77. The fourth-order valence-corrected chi connectivity index (χ4v) is 4.22. The summed E-state index contributed by atoms with van der Waals surface area (Å²) < 4.78 is 37.8. The third-order valence-corrected chi connectivity index (χ3v) is 6.64. The first-order valence-electron chi connectivity index (χ1n) is 11.3. The Hall–Kier alpha value is -3.53. The molecule has 1 aromatic carbocycles. The highest BCUT2D eigenvalue weighted by atomic mass is 35.5. The summed E-state index contributed by atoms with van der Waals surface area (Å²) in [4.78, 5) is 29.1. The van der Waals surface area contributed by atoms with Gasteiger partial charge in [0.1, 0.15) is 29.1 Å². The Kier molecular flexibility index (Phi) is 6.99. The maximum atomic E-state index is 13.5. The molecular formula is C25H25ClF2N4O4. The smallest absolute Gasteiger partial charge is 0.412 e. The van der Waals surface area contributed by atoms with Crippen LogP contribution in [0, 0.1) is 25.7 Å². The van der Waals surface area contributed by atoms with Crippen molar-refractivity contribution in [2.24, 2.45) is 11.8 Å². The van der Waals surface area contributed by atoms with Crippen LogP contribution in [0.15, 0.2) is 40.9 Å². The summed E-state index contributed by atoms with van der Waals surface area (Å²) in [5.41, 5.74) is 2.98. The van der Waals surface area contributed by atoms with Crippen molar-refractivity contribution in [2.45, 2.75) is 46.3 Å². The molecule has 0 spiro atoms. The average molecular weight is 519 g/mol. The Morgan fingerprint density at radius 1 is 1.19 bits per heavy atom. The molecule has 11 heteroatoms. The summed E-state index contributed by atoms with van der Waals surface area (Å²) in [6, 6.07) is 10.4. The van der Waals surface area contributed by atoms with Gasteiger partial charge < -0.3 is 14.6 Å². The second kappa shape index (κ2) is 9.85. The lowest BCUT2D eigenvalue weighted by atomic mass is 10.1. The van der Waals surface area contributed by atoms with E-state index >= 15 is 0 Å². The van der Waals surface area contributed by atoms with Crippen molar-refractivity contribution >= 4 is 29.3 Å². The van der Waals surface area contributed by atoms with Crippen LogP contribution in [0.5, 0.6) is 0 Å². The summed E-state index contributed by atoms with van der Waals surface area (Å²) in [5.74, 6) is -5.67. The standard InChI is InChI=1S/C25H25ClF2N4O4/c1-12-20(25(12,27)28)23(33)29-11-16-9-10-19(30-13(16)2)22-21(14(3)32-36-22)31-24(34)35-15(4)17-7-5-6-8-18(17)26/h5-10,12,15,20H,11H2,1-4H3,(H,29,33)(H,31,34)/t12?,15-,20?/m1/s1. The van der Waals surface area contributed by atoms with Crippen LogP contribution in [0.4, 0.5) is 19.3 Å². The molecule has 1 aliphatic rings. The summed E-state index contributed by atoms with van der Waals surface area (Å²) in [5, 5.41) is 9.60. The molecule has 4 rings (SSSR count). The van der Waals surface area contributed by atoms with Gasteiger partial charge in [-0.3, -0.25) is 10.1 Å². The first-order valence-corrected chi connectivity index (χ1v) is 11.7. The molecule has 3 aromatic rings. The Morgan fingerprint density at radius 3 is 2.53 bits per heavy atom. The zero-order valence-corrected chi connectivity index (χ0v) is 20.8. The number of alkyl halides is 2. The van der Waals surface area contributed by atoms with E-state index in [9.17, 15) is 18.4 Å². The van der Waals surface area contributed by atoms with Crippen molar-refractivity contribution in [2.75, 3.05) is 5.32 Å². The summed E-state index contributed by atoms with van der Waals surface area (Å²) in [6.07, 6.45) is -1.33. The van der Waals surface area contributed by atoms with Crippen LogP contribution in [-0.4, -0.2) is 28.1 Å². The number of carbonyl (C=O) groups excluding carboxylic acids is 2. The van der Waals surface area contributed by atoms with Crippen LogP contribution in [0.3, 0.4) is 0 Å². The van der Waals surface area contributed by atoms with Gasteiger partial charge in [0, 0.05) is 28.7 Å². The molecule has 2 aromatic heterocycles. The Balaban J connectivity index is 1.43. The average Bonchev–Trinajstić information content (AvgIpc) is 3.12. The van der Waals surface area contributed by atoms with Gasteiger partial charge in [-0.05, 0) is 38.5 Å². The van der Waals surface area contributed by atoms with Crippen molar-refractivity contribution in [1.82, 2.24) is 15.5 Å². The molecule has 1 fully saturated rings. The van der Waals surface area contributed by atoms with Crippen molar-refractivity contribution in [3.8, 4) is 11.5 Å². The van der Waals surface area contributed by atoms with Gasteiger partial charge in [0.2, 0.25) is 11.7 Å². The number of benzene rings is 1. The van der Waals surface area contributed by atoms with Gasteiger partial charge in [-0.25, -0.2) is 18.6 Å². The number of hydrogen-bond donors (Lipinski definition) is 2. The van der Waals surface area contributed by atoms with E-state index in [2.05, 4.69) is 20.8 Å². The number of rotatable bonds is 7. The Labute approximate surface area is 211 Å². The highest BCUT2D eigenvalue weighted by molar-refractivity contribution is 6.31. The number of aryl methyl sites for hydroxylation is 2. The molecule has 0 aliphatic heterocycles. The van der Waals surface area contributed by atoms with Crippen LogP contribution >= 0.6 is 11.6 Å². The van der Waals surface area contributed by atoms with Crippen LogP contribution < -0.4 is 10.6 Å². The molecule has 0 saturated heterocycles. The topological polar surface area (TPSA) is 106 Å². The lowest BCUT2D eigenvalue weighted by Gasteiger charge is -2.15. The highest BCUT2D eigenvalue weighted by Crippen LogP contribution is 2.54. The molecule has 8 nitrogen and oxygen atoms in total. The minimum Gasteiger partial charge on any atom is -0.441 e. The van der Waals surface area contributed by atoms with E-state index in [-0.39, 0.29) is 12.3 Å². The lowest BCUT2D eigenvalue weighted by molar-refractivity contribution is -0.124. The largest absolute Gasteiger partial charge is 0.441 e. The van der Waals surface area contributed by atoms with E-state index in [1.165, 1.54) is 6.92 Å². The predicted molar refractivity (Wildman–Crippen MR) is 129 cm³/mol. The van der Waals surface area contributed by atoms with E-state index in [0.717, 1.165) is 0 Å². The number of pyridine rings is 1. The quantitative estimate of drug-likeness (QED) is 0.407. The molecular weight excluding hydrogens is 494 g/mol. The number of nitrogens with zero attached hydrogens (tertiary/aromatic N) is 2. The molecule has 2 amide bonds. The van der Waals surface area contributed by atoms with E-state index in [1.54, 1.807) is 57.2 Å². The summed E-state index contributed by atoms with van der Waals surface area (Å²) in [6.45, 7) is 6.49. The number of ether oxygens (including phenoxy) is 1. The van der Waals surface area contributed by atoms with Crippen molar-refractivity contribution in [3.63, 3.8) is 0 Å². The molecule has 190 valence electrons. The Bertz CT molecular complexity index is 1310. The number of halogens is 3. The number of anilines is 1. The SMILES string of the molecule is Cc1nc(-c2onc(C)c2NC(=O)O[C@H](C)c2ccccc2Cl)ccc1CNC(=O)C1C(C)C1(F)F. The van der Waals surface area contributed by atoms with Crippen LogP contribution in [0.1, 0.15) is 42.5 Å². The zero-order valence-electron chi connectivity index (χ0n) is 20.1. The fourth-order valence-electron chi connectivity index (χ4n) is 3.93. The molecule has 3 atom stereocenters. The molecule has 2 unspecified atom stereocenters. The van der Waals surface area contributed by atoms with Crippen LogP contribution in [-0.2, 0) is 16.1 Å². The third-order valence-electron chi connectivity index (χ3n) is 6.29. The molecule has 1 saturated carbocycles. The van der Waals surface area contributed by atoms with E-state index in [0.29, 0.717) is 38.9 Å². The monoisotopic (exact) mass is 518 g/mol. The van der Waals surface area contributed by atoms with Gasteiger partial charge in [0.15, 0.2) is 0 Å². The molecule has 0 bridgehead atoms. The van der Waals surface area contributed by atoms with Gasteiger partial charge >= 0.3 is 6.09 Å². The van der Waals surface area contributed by atoms with Gasteiger partial charge in [-0.15, -0.1) is 0 Å². The van der Waals surface area contributed by atoms with E-state index in [1.807, 2.05) is 0 Å². The van der Waals surface area contributed by atoms with Gasteiger partial charge in [0.05, 0.1) is 0 Å². The summed E-state index contributed by atoms with van der Waals surface area (Å²) in [7, 11) is 0. The van der Waals surface area contributed by atoms with Crippen molar-refractivity contribution in [3.05, 3.63) is 63.9 Å². The summed E-state index contributed by atoms with van der Waals surface area (Å²) >= 11 is 6.18. The number of hydrogen-bond acceptors (Lipinski definition) is 6. The molecule has 1 aliphatic carbocycles. The van der Waals surface area contributed by atoms with Crippen molar-refractivity contribution < 1.29 is 27.6 Å². The zero-order chi connectivity index (χ0) is 26.2. The number of amides is 2. The Morgan fingerprint density at radius 2 is 1.89 bits per heavy atom. The first kappa shape index (κ1) is 25.6. The molecule has 2 heterocycles. The van der Waals surface area contributed by atoms with Gasteiger partial charge in [-0.1, -0.05) is 47.9 Å². The van der Waals surface area contributed by atoms with E-state index in [4.69, 9.17) is 20.9 Å². The molecule has 36 heavy (non-hydrogen) atoms. The minimum absolute atomic E-state index is 0.0596. The van der Waals surface area contributed by atoms with E-state index < -0.39 is 35.9 Å². The first-order chi connectivity index (χ1) is 17.0. The maximum Gasteiger partial charge on any atom is 0.412 e. The second-order valence-corrected chi connectivity index (χ2v) is 9.17. The number of aromatic nitrogens is 2. The molecule has 2 N–H and O–H groups in total. The normalized spacial score (nSPS) is 18.9. The maximum absolute atomic E-state index is 13.5. The van der Waals surface area contributed by atoms with Gasteiger partial charge in [-0.2, -0.15) is 0 Å². The predicted octanol–water partition coefficient (Wildman–Crippen LogP) is 5.83. The lowest BCUT2D eigenvalue weighted by Crippen LogP contribution is -2.27. The van der Waals surface area contributed by atoms with Gasteiger partial charge in [0.25, 0.3) is 5.92 Å². The molecule has 0 radical (unpaired) electrons. The number of carbonyl (C=O) groups is 2. The minimum atomic E-state index is -2.96. The highest BCUT2D eigenvalue weighted by Gasteiger charge is 2.69. The van der Waals surface area contributed by atoms with Crippen LogP contribution in [0.25, 0.3) is 11.5 Å².